The Hall–Kier alpha value is -2.10. The quantitative estimate of drug-likeness (QED) is 0.712. The minimum Gasteiger partial charge on any atom is -0.307 e. The van der Waals surface area contributed by atoms with Crippen molar-refractivity contribution in [2.75, 3.05) is 0 Å². The summed E-state index contributed by atoms with van der Waals surface area (Å²) in [6.07, 6.45) is 2.35. The monoisotopic (exact) mass is 202 g/mol. The first-order valence-corrected chi connectivity index (χ1v) is 4.57. The van der Waals surface area contributed by atoms with E-state index in [4.69, 9.17) is 0 Å². The number of hydrogen-bond acceptors (Lipinski definition) is 2. The summed E-state index contributed by atoms with van der Waals surface area (Å²) in [6, 6.07) is 5.32. The lowest BCUT2D eigenvalue weighted by Gasteiger charge is -2.02. The first-order valence-electron chi connectivity index (χ1n) is 4.57. The van der Waals surface area contributed by atoms with Crippen LogP contribution in [0.2, 0.25) is 0 Å². The summed E-state index contributed by atoms with van der Waals surface area (Å²) >= 11 is 0. The third kappa shape index (κ3) is 1.61. The lowest BCUT2D eigenvalue weighted by molar-refractivity contribution is 1.07. The van der Waals surface area contributed by atoms with Gasteiger partial charge in [0.05, 0.1) is 10.9 Å². The molecule has 0 aliphatic rings. The van der Waals surface area contributed by atoms with E-state index < -0.39 is 5.69 Å². The standard InChI is InChI=1S/C11H10N2O2/c1-2-4-7-5-3-6-8-9(7)12-11(15)13-10(8)14/h2-3,5-6H,1,4H2,(H2,12,13,14,15). The van der Waals surface area contributed by atoms with Crippen LogP contribution in [0.5, 0.6) is 0 Å². The summed E-state index contributed by atoms with van der Waals surface area (Å²) in [5.41, 5.74) is 0.639. The molecular weight excluding hydrogens is 192 g/mol. The van der Waals surface area contributed by atoms with E-state index in [1.165, 1.54) is 0 Å². The fourth-order valence-electron chi connectivity index (χ4n) is 1.58. The van der Waals surface area contributed by atoms with E-state index in [9.17, 15) is 9.59 Å². The highest BCUT2D eigenvalue weighted by molar-refractivity contribution is 5.80. The summed E-state index contributed by atoms with van der Waals surface area (Å²) in [4.78, 5) is 27.4. The molecule has 2 N–H and O–H groups in total. The molecular formula is C11H10N2O2. The fourth-order valence-corrected chi connectivity index (χ4v) is 1.58. The maximum absolute atomic E-state index is 11.5. The number of aromatic nitrogens is 2. The lowest BCUT2D eigenvalue weighted by atomic mass is 10.1. The van der Waals surface area contributed by atoms with Crippen molar-refractivity contribution in [3.63, 3.8) is 0 Å². The van der Waals surface area contributed by atoms with Gasteiger partial charge in [0.15, 0.2) is 0 Å². The largest absolute Gasteiger partial charge is 0.326 e. The van der Waals surface area contributed by atoms with Crippen LogP contribution < -0.4 is 11.2 Å². The number of para-hydroxylation sites is 1. The Morgan fingerprint density at radius 1 is 1.27 bits per heavy atom. The number of nitrogens with one attached hydrogen (secondary N) is 2. The first-order chi connectivity index (χ1) is 7.22. The number of benzene rings is 1. The third-order valence-corrected chi connectivity index (χ3v) is 2.23. The van der Waals surface area contributed by atoms with E-state index in [0.29, 0.717) is 17.3 Å². The molecule has 0 aliphatic carbocycles. The Bertz CT molecular complexity index is 622. The van der Waals surface area contributed by atoms with E-state index in [1.807, 2.05) is 6.07 Å². The molecule has 0 unspecified atom stereocenters. The van der Waals surface area contributed by atoms with Crippen molar-refractivity contribution in [1.82, 2.24) is 9.97 Å². The maximum atomic E-state index is 11.5. The van der Waals surface area contributed by atoms with Gasteiger partial charge in [-0.3, -0.25) is 9.78 Å². The van der Waals surface area contributed by atoms with Gasteiger partial charge in [-0.25, -0.2) is 4.79 Å². The minimum absolute atomic E-state index is 0.361. The Kier molecular flexibility index (Phi) is 2.25. The molecule has 1 heterocycles. The summed E-state index contributed by atoms with van der Waals surface area (Å²) in [5, 5.41) is 0.494. The topological polar surface area (TPSA) is 65.7 Å². The SMILES string of the molecule is C=CCc1cccc2c(=O)[nH]c(=O)[nH]c12. The molecule has 0 saturated heterocycles. The van der Waals surface area contributed by atoms with Gasteiger partial charge in [0.25, 0.3) is 5.56 Å². The second kappa shape index (κ2) is 3.57. The molecule has 0 aliphatic heterocycles. The molecule has 2 rings (SSSR count). The molecule has 0 fully saturated rings. The predicted octanol–water partition coefficient (Wildman–Crippen LogP) is 0.945. The number of fused-ring (bicyclic) bond motifs is 1. The van der Waals surface area contributed by atoms with Gasteiger partial charge in [0, 0.05) is 0 Å². The number of H-pyrrole nitrogens is 2. The second-order valence-electron chi connectivity index (χ2n) is 3.24. The van der Waals surface area contributed by atoms with Gasteiger partial charge in [-0.2, -0.15) is 0 Å². The Morgan fingerprint density at radius 2 is 2.07 bits per heavy atom. The highest BCUT2D eigenvalue weighted by Gasteiger charge is 2.03. The van der Waals surface area contributed by atoms with E-state index in [2.05, 4.69) is 16.5 Å². The van der Waals surface area contributed by atoms with Crippen LogP contribution in [0.25, 0.3) is 10.9 Å². The van der Waals surface area contributed by atoms with Crippen molar-refractivity contribution in [2.24, 2.45) is 0 Å². The van der Waals surface area contributed by atoms with Crippen LogP contribution in [0.4, 0.5) is 0 Å². The molecule has 0 bridgehead atoms. The highest BCUT2D eigenvalue weighted by Crippen LogP contribution is 2.12. The van der Waals surface area contributed by atoms with Crippen LogP contribution in [0.1, 0.15) is 5.56 Å². The van der Waals surface area contributed by atoms with Gasteiger partial charge in [0.1, 0.15) is 0 Å². The van der Waals surface area contributed by atoms with Crippen molar-refractivity contribution in [1.29, 1.82) is 0 Å². The van der Waals surface area contributed by atoms with Gasteiger partial charge in [-0.15, -0.1) is 6.58 Å². The molecule has 0 spiro atoms. The van der Waals surface area contributed by atoms with Crippen LogP contribution in [-0.4, -0.2) is 9.97 Å². The molecule has 2 aromatic rings. The maximum Gasteiger partial charge on any atom is 0.326 e. The fraction of sp³-hybridized carbons (Fsp3) is 0.0909. The van der Waals surface area contributed by atoms with Crippen LogP contribution >= 0.6 is 0 Å². The van der Waals surface area contributed by atoms with Crippen molar-refractivity contribution in [3.05, 3.63) is 57.3 Å². The zero-order valence-electron chi connectivity index (χ0n) is 8.04. The third-order valence-electron chi connectivity index (χ3n) is 2.23. The van der Waals surface area contributed by atoms with E-state index in [0.717, 1.165) is 5.56 Å². The van der Waals surface area contributed by atoms with Crippen LogP contribution in [0, 0.1) is 0 Å². The first kappa shape index (κ1) is 9.45. The van der Waals surface area contributed by atoms with Gasteiger partial charge in [-0.1, -0.05) is 18.2 Å². The molecule has 0 saturated carbocycles. The molecule has 4 nitrogen and oxygen atoms in total. The smallest absolute Gasteiger partial charge is 0.307 e. The number of allylic oxidation sites excluding steroid dienone is 1. The highest BCUT2D eigenvalue weighted by atomic mass is 16.2. The molecule has 0 radical (unpaired) electrons. The average Bonchev–Trinajstić information content (AvgIpc) is 2.19. The summed E-state index contributed by atoms with van der Waals surface area (Å²) in [6.45, 7) is 3.63. The number of hydrogen-bond donors (Lipinski definition) is 2. The molecule has 1 aromatic carbocycles. The average molecular weight is 202 g/mol. The van der Waals surface area contributed by atoms with Crippen molar-refractivity contribution < 1.29 is 0 Å². The van der Waals surface area contributed by atoms with Crippen LogP contribution in [-0.2, 0) is 6.42 Å². The molecule has 76 valence electrons. The summed E-state index contributed by atoms with van der Waals surface area (Å²) in [5.74, 6) is 0. The van der Waals surface area contributed by atoms with Crippen LogP contribution in [0.15, 0.2) is 40.4 Å². The minimum atomic E-state index is -0.482. The zero-order chi connectivity index (χ0) is 10.8. The van der Waals surface area contributed by atoms with Gasteiger partial charge in [0.2, 0.25) is 0 Å². The molecule has 4 heteroatoms. The number of aromatic amines is 2. The predicted molar refractivity (Wildman–Crippen MR) is 59.1 cm³/mol. The second-order valence-corrected chi connectivity index (χ2v) is 3.24. The summed E-state index contributed by atoms with van der Waals surface area (Å²) in [7, 11) is 0. The molecule has 15 heavy (non-hydrogen) atoms. The van der Waals surface area contributed by atoms with Crippen molar-refractivity contribution in [3.8, 4) is 0 Å². The Balaban J connectivity index is 2.90. The van der Waals surface area contributed by atoms with Gasteiger partial charge < -0.3 is 4.98 Å². The van der Waals surface area contributed by atoms with Crippen molar-refractivity contribution in [2.45, 2.75) is 6.42 Å². The normalized spacial score (nSPS) is 10.4. The van der Waals surface area contributed by atoms with E-state index >= 15 is 0 Å². The molecule has 0 atom stereocenters. The van der Waals surface area contributed by atoms with Crippen molar-refractivity contribution >= 4 is 10.9 Å². The van der Waals surface area contributed by atoms with Crippen LogP contribution in [0.3, 0.4) is 0 Å². The van der Waals surface area contributed by atoms with Gasteiger partial charge in [-0.05, 0) is 18.1 Å². The van der Waals surface area contributed by atoms with Gasteiger partial charge >= 0.3 is 5.69 Å². The van der Waals surface area contributed by atoms with E-state index in [1.54, 1.807) is 18.2 Å². The zero-order valence-corrected chi connectivity index (χ0v) is 8.04. The Labute approximate surface area is 85.3 Å². The summed E-state index contributed by atoms with van der Waals surface area (Å²) < 4.78 is 0. The number of rotatable bonds is 2. The van der Waals surface area contributed by atoms with E-state index in [-0.39, 0.29) is 5.56 Å². The molecule has 1 aromatic heterocycles. The molecule has 0 amide bonds. The lowest BCUT2D eigenvalue weighted by Crippen LogP contribution is -2.22. The Morgan fingerprint density at radius 3 is 2.80 bits per heavy atom.